The van der Waals surface area contributed by atoms with Gasteiger partial charge in [-0.1, -0.05) is 60.7 Å². The van der Waals surface area contributed by atoms with E-state index in [1.807, 2.05) is 12.1 Å². The molecule has 0 saturated heterocycles. The number of aryl methyl sites for hydroxylation is 2. The normalized spacial score (nSPS) is 12.3. The summed E-state index contributed by atoms with van der Waals surface area (Å²) in [5.41, 5.74) is 5.80. The molecule has 0 fully saturated rings. The van der Waals surface area contributed by atoms with Crippen molar-refractivity contribution in [3.8, 4) is 11.1 Å². The molecule has 0 amide bonds. The number of benzene rings is 4. The highest BCUT2D eigenvalue weighted by Gasteiger charge is 2.09. The number of carboxylic acids is 1. The molecule has 0 radical (unpaired) electrons. The van der Waals surface area contributed by atoms with Crippen molar-refractivity contribution in [3.63, 3.8) is 0 Å². The predicted molar refractivity (Wildman–Crippen MR) is 148 cm³/mol. The van der Waals surface area contributed by atoms with Crippen molar-refractivity contribution in [1.82, 2.24) is 0 Å². The maximum atomic E-state index is 14.3. The minimum Gasteiger partial charge on any atom is -0.481 e. The Hall–Kier alpha value is -3.68. The van der Waals surface area contributed by atoms with Crippen LogP contribution in [0.25, 0.3) is 21.9 Å². The summed E-state index contributed by atoms with van der Waals surface area (Å²) in [7, 11) is -2.67. The molecule has 0 bridgehead atoms. The molecule has 4 aromatic carbocycles. The second-order valence-electron chi connectivity index (χ2n) is 8.69. The third kappa shape index (κ3) is 7.93. The molecule has 0 heterocycles. The molecule has 0 aliphatic heterocycles. The minimum atomic E-state index is -2.67. The van der Waals surface area contributed by atoms with Crippen LogP contribution >= 0.6 is 0 Å². The first kappa shape index (κ1) is 26.9. The van der Waals surface area contributed by atoms with Crippen molar-refractivity contribution in [2.45, 2.75) is 26.3 Å². The molecule has 0 saturated carbocycles. The van der Waals surface area contributed by atoms with Crippen LogP contribution in [0.15, 0.2) is 78.9 Å². The van der Waals surface area contributed by atoms with Crippen LogP contribution in [-0.2, 0) is 27.6 Å². The van der Waals surface area contributed by atoms with Crippen LogP contribution in [0.3, 0.4) is 0 Å². The van der Waals surface area contributed by atoms with Gasteiger partial charge >= 0.3 is 5.97 Å². The lowest BCUT2D eigenvalue weighted by Crippen LogP contribution is -2.02. The highest BCUT2D eigenvalue weighted by atomic mass is 32.2. The van der Waals surface area contributed by atoms with Gasteiger partial charge in [0, 0.05) is 24.9 Å². The molecule has 0 aliphatic carbocycles. The van der Waals surface area contributed by atoms with E-state index in [4.69, 9.17) is 9.66 Å². The number of fused-ring (bicyclic) bond motifs is 1. The van der Waals surface area contributed by atoms with E-state index in [1.165, 1.54) is 28.0 Å². The number of nitrogens with one attached hydrogen (secondary N) is 1. The van der Waals surface area contributed by atoms with Crippen molar-refractivity contribution in [1.29, 1.82) is 0 Å². The standard InChI is InChI=1S/C27H24FNO2.C2H6O2S/c1-18-9-10-20-6-2-3-8-24(20)27(18)22-7-4-5-19(15-22)17-29-23-13-11-21(25(28)16-23)12-14-26(30)31;1-5(2,3)4/h2-11,13,15-16,29H,12,14,17H2,1H3,(H,30,31);1H2,2H3,(H,3,4). The van der Waals surface area contributed by atoms with Gasteiger partial charge in [0.15, 0.2) is 0 Å². The van der Waals surface area contributed by atoms with Crippen LogP contribution in [0.1, 0.15) is 23.1 Å². The maximum absolute atomic E-state index is 14.3. The third-order valence-electron chi connectivity index (χ3n) is 5.51. The summed E-state index contributed by atoms with van der Waals surface area (Å²) in [5.74, 6) is 1.54. The first-order valence-corrected chi connectivity index (χ1v) is 13.5. The lowest BCUT2D eigenvalue weighted by Gasteiger charge is -2.13. The van der Waals surface area contributed by atoms with Crippen molar-refractivity contribution in [2.24, 2.45) is 0 Å². The number of aliphatic carboxylic acids is 1. The van der Waals surface area contributed by atoms with E-state index >= 15 is 0 Å². The van der Waals surface area contributed by atoms with Gasteiger partial charge in [-0.2, -0.15) is 0 Å². The Balaban J connectivity index is 0.000000658. The van der Waals surface area contributed by atoms with E-state index < -0.39 is 15.8 Å². The Morgan fingerprint density at radius 3 is 2.44 bits per heavy atom. The number of carboxylic acid groups (broad SMARTS) is 1. The molecule has 4 aromatic rings. The minimum absolute atomic E-state index is 0.0793. The van der Waals surface area contributed by atoms with Crippen LogP contribution in [0.4, 0.5) is 10.1 Å². The Labute approximate surface area is 211 Å². The number of anilines is 1. The monoisotopic (exact) mass is 507 g/mol. The van der Waals surface area contributed by atoms with Crippen molar-refractivity contribution >= 4 is 38.1 Å². The summed E-state index contributed by atoms with van der Waals surface area (Å²) < 4.78 is 31.8. The van der Waals surface area contributed by atoms with Crippen LogP contribution in [0.5, 0.6) is 0 Å². The quantitative estimate of drug-likeness (QED) is 0.252. The maximum Gasteiger partial charge on any atom is 0.303 e. The molecule has 0 spiro atoms. The zero-order valence-corrected chi connectivity index (χ0v) is 21.1. The van der Waals surface area contributed by atoms with Crippen LogP contribution in [0, 0.1) is 12.7 Å². The summed E-state index contributed by atoms with van der Waals surface area (Å²) >= 11 is 0. The largest absolute Gasteiger partial charge is 0.481 e. The van der Waals surface area contributed by atoms with Crippen molar-refractivity contribution < 1.29 is 23.1 Å². The highest BCUT2D eigenvalue weighted by Crippen LogP contribution is 2.32. The van der Waals surface area contributed by atoms with Crippen molar-refractivity contribution in [3.05, 3.63) is 101 Å². The number of carbonyl (C=O) groups is 1. The van der Waals surface area contributed by atoms with Gasteiger partial charge in [-0.05, 0) is 76.0 Å². The highest BCUT2D eigenvalue weighted by molar-refractivity contribution is 7.94. The van der Waals surface area contributed by atoms with Crippen LogP contribution in [0.2, 0.25) is 0 Å². The number of rotatable bonds is 7. The molecular weight excluding hydrogens is 477 g/mol. The van der Waals surface area contributed by atoms with Crippen LogP contribution in [-0.4, -0.2) is 32.0 Å². The van der Waals surface area contributed by atoms with Crippen molar-refractivity contribution in [2.75, 3.05) is 11.6 Å². The van der Waals surface area contributed by atoms with E-state index in [9.17, 15) is 13.4 Å². The van der Waals surface area contributed by atoms with Gasteiger partial charge in [0.05, 0.1) is 9.80 Å². The van der Waals surface area contributed by atoms with Gasteiger partial charge < -0.3 is 15.0 Å². The molecular formula is C29H30FNO4S. The van der Waals surface area contributed by atoms with Gasteiger partial charge in [0.25, 0.3) is 0 Å². The Morgan fingerprint density at radius 2 is 1.75 bits per heavy atom. The summed E-state index contributed by atoms with van der Waals surface area (Å²) in [5, 5.41) is 14.5. The Kier molecular flexibility index (Phi) is 8.85. The lowest BCUT2D eigenvalue weighted by atomic mass is 9.93. The van der Waals surface area contributed by atoms with Gasteiger partial charge in [-0.15, -0.1) is 0 Å². The fourth-order valence-corrected chi connectivity index (χ4v) is 3.91. The first-order chi connectivity index (χ1) is 17.0. The van der Waals surface area contributed by atoms with E-state index in [0.29, 0.717) is 17.8 Å². The van der Waals surface area contributed by atoms with Gasteiger partial charge in [0.2, 0.25) is 0 Å². The first-order valence-electron chi connectivity index (χ1n) is 11.4. The van der Waals surface area contributed by atoms with E-state index in [2.05, 4.69) is 66.6 Å². The third-order valence-corrected chi connectivity index (χ3v) is 5.51. The molecule has 36 heavy (non-hydrogen) atoms. The lowest BCUT2D eigenvalue weighted by molar-refractivity contribution is -0.136. The van der Waals surface area contributed by atoms with Crippen LogP contribution < -0.4 is 5.32 Å². The topological polar surface area (TPSA) is 86.6 Å². The SMILES string of the molecule is C=S(C)(=O)O.Cc1ccc2ccccc2c1-c1cccc(CNc2ccc(CCC(=O)O)c(F)c2)c1. The molecule has 188 valence electrons. The number of halogens is 1. The summed E-state index contributed by atoms with van der Waals surface area (Å²) in [6.07, 6.45) is 1.27. The zero-order chi connectivity index (χ0) is 26.3. The van der Waals surface area contributed by atoms with Gasteiger partial charge in [-0.3, -0.25) is 4.79 Å². The predicted octanol–water partition coefficient (Wildman–Crippen LogP) is 6.39. The van der Waals surface area contributed by atoms with Gasteiger partial charge in [0.1, 0.15) is 5.82 Å². The molecule has 3 N–H and O–H groups in total. The Bertz CT molecular complexity index is 1470. The molecule has 0 aliphatic rings. The molecule has 7 heteroatoms. The molecule has 0 aromatic heterocycles. The summed E-state index contributed by atoms with van der Waals surface area (Å²) in [6, 6.07) is 25.9. The average Bonchev–Trinajstić information content (AvgIpc) is 2.81. The van der Waals surface area contributed by atoms with Gasteiger partial charge in [-0.25, -0.2) is 8.60 Å². The van der Waals surface area contributed by atoms with E-state index in [0.717, 1.165) is 17.4 Å². The molecule has 5 nitrogen and oxygen atoms in total. The summed E-state index contributed by atoms with van der Waals surface area (Å²) in [6.45, 7) is 2.69. The molecule has 4 rings (SSSR count). The smallest absolute Gasteiger partial charge is 0.303 e. The Morgan fingerprint density at radius 1 is 1.03 bits per heavy atom. The number of hydrogen-bond acceptors (Lipinski definition) is 3. The number of hydrogen-bond donors (Lipinski definition) is 3. The molecule has 1 unspecified atom stereocenters. The van der Waals surface area contributed by atoms with E-state index in [-0.39, 0.29) is 18.7 Å². The fourth-order valence-electron chi connectivity index (χ4n) is 3.91. The second-order valence-corrected chi connectivity index (χ2v) is 10.6. The average molecular weight is 508 g/mol. The summed E-state index contributed by atoms with van der Waals surface area (Å²) in [4.78, 5) is 10.7. The fraction of sp³-hybridized carbons (Fsp3) is 0.172. The van der Waals surface area contributed by atoms with E-state index in [1.54, 1.807) is 12.1 Å². The second kappa shape index (κ2) is 11.8. The molecule has 1 atom stereocenters. The zero-order valence-electron chi connectivity index (χ0n) is 20.3.